The third kappa shape index (κ3) is 2.96. The van der Waals surface area contributed by atoms with Gasteiger partial charge >= 0.3 is 0 Å². The standard InChI is InChI=1S/C17H15ClN4O/c1-11-14(18)6-5-7-15(11)21-17(23)13-10-20-22(12(13)2)16-8-3-4-9-19-16/h3-10H,1-2H3,(H,21,23). The largest absolute Gasteiger partial charge is 0.322 e. The van der Waals surface area contributed by atoms with Crippen molar-refractivity contribution in [3.05, 3.63) is 70.6 Å². The SMILES string of the molecule is Cc1c(Cl)cccc1NC(=O)c1cnn(-c2ccccn2)c1C. The summed E-state index contributed by atoms with van der Waals surface area (Å²) in [7, 11) is 0. The number of halogens is 1. The van der Waals surface area contributed by atoms with E-state index in [2.05, 4.69) is 15.4 Å². The normalized spacial score (nSPS) is 10.6. The van der Waals surface area contributed by atoms with Crippen molar-refractivity contribution in [2.45, 2.75) is 13.8 Å². The fourth-order valence-corrected chi connectivity index (χ4v) is 2.45. The van der Waals surface area contributed by atoms with Gasteiger partial charge in [0, 0.05) is 16.9 Å². The first-order valence-electron chi connectivity index (χ1n) is 7.10. The van der Waals surface area contributed by atoms with Gasteiger partial charge in [-0.2, -0.15) is 5.10 Å². The van der Waals surface area contributed by atoms with Crippen LogP contribution in [0.1, 0.15) is 21.6 Å². The maximum atomic E-state index is 12.5. The van der Waals surface area contributed by atoms with Gasteiger partial charge in [0.1, 0.15) is 0 Å². The molecule has 6 heteroatoms. The molecular formula is C17H15ClN4O. The zero-order chi connectivity index (χ0) is 16.4. The third-order valence-corrected chi connectivity index (χ3v) is 4.05. The lowest BCUT2D eigenvalue weighted by molar-refractivity contribution is 0.102. The van der Waals surface area contributed by atoms with Crippen molar-refractivity contribution in [3.63, 3.8) is 0 Å². The summed E-state index contributed by atoms with van der Waals surface area (Å²) in [5.74, 6) is 0.443. The summed E-state index contributed by atoms with van der Waals surface area (Å²) in [6.07, 6.45) is 3.23. The summed E-state index contributed by atoms with van der Waals surface area (Å²) in [6.45, 7) is 3.70. The summed E-state index contributed by atoms with van der Waals surface area (Å²) >= 11 is 6.08. The molecule has 3 rings (SSSR count). The highest BCUT2D eigenvalue weighted by Crippen LogP contribution is 2.24. The molecule has 0 radical (unpaired) electrons. The number of nitrogens with one attached hydrogen (secondary N) is 1. The van der Waals surface area contributed by atoms with Gasteiger partial charge in [0.05, 0.1) is 17.5 Å². The van der Waals surface area contributed by atoms with E-state index in [1.165, 1.54) is 0 Å². The van der Waals surface area contributed by atoms with E-state index in [9.17, 15) is 4.79 Å². The molecular weight excluding hydrogens is 312 g/mol. The monoisotopic (exact) mass is 326 g/mol. The first-order chi connectivity index (χ1) is 11.1. The van der Waals surface area contributed by atoms with Crippen molar-refractivity contribution in [1.82, 2.24) is 14.8 Å². The lowest BCUT2D eigenvalue weighted by Crippen LogP contribution is -2.14. The van der Waals surface area contributed by atoms with Crippen LogP contribution in [0.3, 0.4) is 0 Å². The van der Waals surface area contributed by atoms with Gasteiger partial charge in [-0.25, -0.2) is 9.67 Å². The molecule has 0 aliphatic rings. The van der Waals surface area contributed by atoms with E-state index in [1.807, 2.05) is 38.1 Å². The Balaban J connectivity index is 1.89. The smallest absolute Gasteiger partial charge is 0.259 e. The molecule has 1 amide bonds. The number of pyridine rings is 1. The van der Waals surface area contributed by atoms with Crippen molar-refractivity contribution in [1.29, 1.82) is 0 Å². The Hall–Kier alpha value is -2.66. The number of carbonyl (C=O) groups excluding carboxylic acids is 1. The summed E-state index contributed by atoms with van der Waals surface area (Å²) in [6, 6.07) is 10.9. The maximum Gasteiger partial charge on any atom is 0.259 e. The van der Waals surface area contributed by atoms with Crippen LogP contribution in [0.25, 0.3) is 5.82 Å². The van der Waals surface area contributed by atoms with Crippen LogP contribution in [0.4, 0.5) is 5.69 Å². The van der Waals surface area contributed by atoms with Crippen molar-refractivity contribution < 1.29 is 4.79 Å². The molecule has 0 fully saturated rings. The highest BCUT2D eigenvalue weighted by Gasteiger charge is 2.16. The number of rotatable bonds is 3. The van der Waals surface area contributed by atoms with E-state index in [1.54, 1.807) is 29.2 Å². The number of aromatic nitrogens is 3. The second-order valence-electron chi connectivity index (χ2n) is 5.11. The van der Waals surface area contributed by atoms with Gasteiger partial charge in [-0.05, 0) is 43.7 Å². The Labute approximate surface area is 138 Å². The molecule has 0 aliphatic heterocycles. The van der Waals surface area contributed by atoms with Crippen molar-refractivity contribution >= 4 is 23.2 Å². The van der Waals surface area contributed by atoms with Crippen LogP contribution >= 0.6 is 11.6 Å². The van der Waals surface area contributed by atoms with Crippen molar-refractivity contribution in [3.8, 4) is 5.82 Å². The number of nitrogens with zero attached hydrogens (tertiary/aromatic N) is 3. The highest BCUT2D eigenvalue weighted by molar-refractivity contribution is 6.31. The molecule has 1 N–H and O–H groups in total. The minimum atomic E-state index is -0.227. The van der Waals surface area contributed by atoms with Crippen LogP contribution in [-0.4, -0.2) is 20.7 Å². The number of benzene rings is 1. The van der Waals surface area contributed by atoms with Gasteiger partial charge in [0.15, 0.2) is 5.82 Å². The average molecular weight is 327 g/mol. The van der Waals surface area contributed by atoms with E-state index in [4.69, 9.17) is 11.6 Å². The predicted octanol–water partition coefficient (Wildman–Crippen LogP) is 3.79. The number of hydrogen-bond donors (Lipinski definition) is 1. The number of hydrogen-bond acceptors (Lipinski definition) is 3. The third-order valence-electron chi connectivity index (χ3n) is 3.64. The molecule has 0 unspecified atom stereocenters. The zero-order valence-corrected chi connectivity index (χ0v) is 13.5. The van der Waals surface area contributed by atoms with E-state index < -0.39 is 0 Å². The van der Waals surface area contributed by atoms with E-state index >= 15 is 0 Å². The van der Waals surface area contributed by atoms with Crippen LogP contribution < -0.4 is 5.32 Å². The van der Waals surface area contributed by atoms with Gasteiger partial charge in [-0.3, -0.25) is 4.79 Å². The van der Waals surface area contributed by atoms with Gasteiger partial charge in [-0.15, -0.1) is 0 Å². The van der Waals surface area contributed by atoms with E-state index in [0.717, 1.165) is 11.3 Å². The number of carbonyl (C=O) groups is 1. The van der Waals surface area contributed by atoms with Gasteiger partial charge in [-0.1, -0.05) is 23.7 Å². The Morgan fingerprint density at radius 2 is 2.00 bits per heavy atom. The predicted molar refractivity (Wildman–Crippen MR) is 90.2 cm³/mol. The molecule has 2 aromatic heterocycles. The van der Waals surface area contributed by atoms with E-state index in [-0.39, 0.29) is 5.91 Å². The molecule has 0 spiro atoms. The summed E-state index contributed by atoms with van der Waals surface area (Å²) in [5.41, 5.74) is 2.74. The zero-order valence-electron chi connectivity index (χ0n) is 12.7. The summed E-state index contributed by atoms with van der Waals surface area (Å²) in [5, 5.41) is 7.75. The quantitative estimate of drug-likeness (QED) is 0.796. The van der Waals surface area contributed by atoms with Crippen LogP contribution in [0.2, 0.25) is 5.02 Å². The molecule has 0 atom stereocenters. The first-order valence-corrected chi connectivity index (χ1v) is 7.48. The van der Waals surface area contributed by atoms with Crippen molar-refractivity contribution in [2.75, 3.05) is 5.32 Å². The molecule has 1 aromatic carbocycles. The van der Waals surface area contributed by atoms with Gasteiger partial charge < -0.3 is 5.32 Å². The number of anilines is 1. The molecule has 0 bridgehead atoms. The van der Waals surface area contributed by atoms with Crippen LogP contribution in [-0.2, 0) is 0 Å². The molecule has 0 aliphatic carbocycles. The first kappa shape index (κ1) is 15.2. The second kappa shape index (κ2) is 6.22. The van der Waals surface area contributed by atoms with Crippen LogP contribution in [0, 0.1) is 13.8 Å². The van der Waals surface area contributed by atoms with Gasteiger partial charge in [0.25, 0.3) is 5.91 Å². The maximum absolute atomic E-state index is 12.5. The van der Waals surface area contributed by atoms with Crippen LogP contribution in [0.5, 0.6) is 0 Å². The van der Waals surface area contributed by atoms with Crippen LogP contribution in [0.15, 0.2) is 48.8 Å². The second-order valence-corrected chi connectivity index (χ2v) is 5.52. The molecule has 0 saturated carbocycles. The Bertz CT molecular complexity index is 858. The molecule has 0 saturated heterocycles. The minimum absolute atomic E-state index is 0.227. The molecule has 116 valence electrons. The minimum Gasteiger partial charge on any atom is -0.322 e. The fourth-order valence-electron chi connectivity index (χ4n) is 2.28. The fraction of sp³-hybridized carbons (Fsp3) is 0.118. The Morgan fingerprint density at radius 3 is 2.74 bits per heavy atom. The van der Waals surface area contributed by atoms with Crippen molar-refractivity contribution in [2.24, 2.45) is 0 Å². The lowest BCUT2D eigenvalue weighted by Gasteiger charge is -2.09. The Morgan fingerprint density at radius 1 is 1.17 bits per heavy atom. The van der Waals surface area contributed by atoms with Gasteiger partial charge in [0.2, 0.25) is 0 Å². The van der Waals surface area contributed by atoms with E-state index in [0.29, 0.717) is 22.1 Å². The number of amides is 1. The topological polar surface area (TPSA) is 59.8 Å². The molecule has 5 nitrogen and oxygen atoms in total. The molecule has 23 heavy (non-hydrogen) atoms. The summed E-state index contributed by atoms with van der Waals surface area (Å²) in [4.78, 5) is 16.8. The summed E-state index contributed by atoms with van der Waals surface area (Å²) < 4.78 is 1.64. The average Bonchev–Trinajstić information content (AvgIpc) is 2.94. The lowest BCUT2D eigenvalue weighted by atomic mass is 10.2. The molecule has 3 aromatic rings. The Kier molecular flexibility index (Phi) is 4.12. The highest BCUT2D eigenvalue weighted by atomic mass is 35.5. The molecule has 2 heterocycles.